The molecule has 6 nitrogen and oxygen atoms in total. The zero-order valence-electron chi connectivity index (χ0n) is 19.0. The number of hydrogen-bond donors (Lipinski definition) is 0. The maximum Gasteiger partial charge on any atom is 0.426 e. The molecule has 0 aliphatic carbocycles. The Bertz CT molecular complexity index is 1430. The average molecular weight is 482 g/mol. The van der Waals surface area contributed by atoms with Crippen molar-refractivity contribution in [3.8, 4) is 11.4 Å². The SMILES string of the molecule is CCS(=O)c1c(-c2cc3ncc(C(C)(F)C(F)(F)F)cn3n2)nn2c(C)c(C)c(C)c(C)c12. The Balaban J connectivity index is 1.99. The summed E-state index contributed by atoms with van der Waals surface area (Å²) in [5, 5.41) is 9.01. The predicted molar refractivity (Wildman–Crippen MR) is 118 cm³/mol. The Kier molecular flexibility index (Phi) is 5.38. The van der Waals surface area contributed by atoms with E-state index in [1.54, 1.807) is 11.4 Å². The average Bonchev–Trinajstić information content (AvgIpc) is 3.36. The molecule has 0 saturated carbocycles. The van der Waals surface area contributed by atoms with Crippen LogP contribution in [0.25, 0.3) is 22.6 Å². The molecule has 4 heterocycles. The molecule has 11 heteroatoms. The molecule has 0 fully saturated rings. The van der Waals surface area contributed by atoms with Crippen LogP contribution in [0.4, 0.5) is 17.6 Å². The number of aromatic nitrogens is 5. The maximum atomic E-state index is 14.4. The Morgan fingerprint density at radius 1 is 1.03 bits per heavy atom. The first-order valence-corrected chi connectivity index (χ1v) is 11.6. The Morgan fingerprint density at radius 2 is 1.70 bits per heavy atom. The van der Waals surface area contributed by atoms with Gasteiger partial charge in [-0.25, -0.2) is 18.4 Å². The summed E-state index contributed by atoms with van der Waals surface area (Å²) in [5.74, 6) is 0.349. The first-order valence-electron chi connectivity index (χ1n) is 10.3. The van der Waals surface area contributed by atoms with E-state index in [1.165, 1.54) is 6.07 Å². The Hall–Kier alpha value is -2.82. The van der Waals surface area contributed by atoms with Crippen LogP contribution in [0.2, 0.25) is 0 Å². The molecule has 0 saturated heterocycles. The van der Waals surface area contributed by atoms with Crippen molar-refractivity contribution in [1.29, 1.82) is 0 Å². The number of alkyl halides is 4. The molecule has 0 aromatic carbocycles. The highest BCUT2D eigenvalue weighted by molar-refractivity contribution is 7.85. The van der Waals surface area contributed by atoms with Crippen molar-refractivity contribution in [2.75, 3.05) is 5.75 Å². The van der Waals surface area contributed by atoms with Gasteiger partial charge in [0, 0.05) is 35.5 Å². The second-order valence-corrected chi connectivity index (χ2v) is 9.89. The molecule has 0 aliphatic rings. The number of fused-ring (bicyclic) bond motifs is 2. The summed E-state index contributed by atoms with van der Waals surface area (Å²) in [6.07, 6.45) is -3.28. The Morgan fingerprint density at radius 3 is 2.30 bits per heavy atom. The summed E-state index contributed by atoms with van der Waals surface area (Å²) in [6.45, 7) is 10.1. The van der Waals surface area contributed by atoms with Crippen molar-refractivity contribution in [2.24, 2.45) is 0 Å². The van der Waals surface area contributed by atoms with E-state index >= 15 is 0 Å². The molecule has 0 amide bonds. The molecule has 4 aromatic rings. The van der Waals surface area contributed by atoms with Gasteiger partial charge in [-0.2, -0.15) is 23.4 Å². The second kappa shape index (κ2) is 7.61. The van der Waals surface area contributed by atoms with Gasteiger partial charge >= 0.3 is 6.18 Å². The van der Waals surface area contributed by atoms with Gasteiger partial charge in [0.05, 0.1) is 21.2 Å². The highest BCUT2D eigenvalue weighted by Gasteiger charge is 2.54. The molecule has 176 valence electrons. The van der Waals surface area contributed by atoms with Crippen molar-refractivity contribution < 1.29 is 21.8 Å². The molecule has 0 bridgehead atoms. The van der Waals surface area contributed by atoms with Gasteiger partial charge in [0.1, 0.15) is 11.4 Å². The predicted octanol–water partition coefficient (Wildman–Crippen LogP) is 5.15. The molecule has 2 atom stereocenters. The number of halogens is 4. The summed E-state index contributed by atoms with van der Waals surface area (Å²) < 4.78 is 69.8. The number of hydrogen-bond acceptors (Lipinski definition) is 4. The van der Waals surface area contributed by atoms with E-state index in [1.807, 2.05) is 27.7 Å². The quantitative estimate of drug-likeness (QED) is 0.378. The molecular weight excluding hydrogens is 458 g/mol. The van der Waals surface area contributed by atoms with Crippen molar-refractivity contribution >= 4 is 22.0 Å². The van der Waals surface area contributed by atoms with Gasteiger partial charge in [0.15, 0.2) is 5.65 Å². The van der Waals surface area contributed by atoms with Crippen LogP contribution >= 0.6 is 0 Å². The lowest BCUT2D eigenvalue weighted by molar-refractivity contribution is -0.228. The third-order valence-corrected chi connectivity index (χ3v) is 7.67. The maximum absolute atomic E-state index is 14.4. The van der Waals surface area contributed by atoms with Gasteiger partial charge in [-0.1, -0.05) is 6.92 Å². The van der Waals surface area contributed by atoms with Gasteiger partial charge in [0.2, 0.25) is 5.67 Å². The van der Waals surface area contributed by atoms with E-state index < -0.39 is 28.2 Å². The van der Waals surface area contributed by atoms with Crippen LogP contribution in [0.15, 0.2) is 23.4 Å². The van der Waals surface area contributed by atoms with Crippen molar-refractivity contribution in [3.05, 3.63) is 46.4 Å². The van der Waals surface area contributed by atoms with E-state index in [4.69, 9.17) is 0 Å². The number of pyridine rings is 1. The van der Waals surface area contributed by atoms with Gasteiger partial charge in [-0.05, 0) is 51.3 Å². The first-order chi connectivity index (χ1) is 15.3. The van der Waals surface area contributed by atoms with Crippen LogP contribution in [0.1, 0.15) is 41.8 Å². The number of nitrogens with zero attached hydrogens (tertiary/aromatic N) is 5. The van der Waals surface area contributed by atoms with E-state index in [0.717, 1.165) is 44.8 Å². The van der Waals surface area contributed by atoms with Crippen LogP contribution < -0.4 is 0 Å². The normalized spacial score (nSPS) is 15.3. The first kappa shape index (κ1) is 23.3. The molecule has 33 heavy (non-hydrogen) atoms. The summed E-state index contributed by atoms with van der Waals surface area (Å²) in [4.78, 5) is 4.48. The summed E-state index contributed by atoms with van der Waals surface area (Å²) in [6, 6.07) is 1.54. The van der Waals surface area contributed by atoms with Crippen LogP contribution in [0.3, 0.4) is 0 Å². The van der Waals surface area contributed by atoms with E-state index in [-0.39, 0.29) is 5.65 Å². The molecule has 0 spiro atoms. The standard InChI is InChI=1S/C22H23F4N5OS/c1-7-33(32)20-18(29-31-14(5)12(3)11(2)13(4)19(20)31)16-8-17-27-9-15(10-30(17)28-16)21(6,23)22(24,25)26/h8-10H,7H2,1-6H3. The highest BCUT2D eigenvalue weighted by atomic mass is 32.2. The minimum atomic E-state index is -5.10. The van der Waals surface area contributed by atoms with E-state index in [0.29, 0.717) is 29.0 Å². The minimum absolute atomic E-state index is 0.220. The van der Waals surface area contributed by atoms with Crippen molar-refractivity contribution in [3.63, 3.8) is 0 Å². The zero-order valence-corrected chi connectivity index (χ0v) is 19.8. The van der Waals surface area contributed by atoms with Crippen molar-refractivity contribution in [2.45, 2.75) is 58.3 Å². The van der Waals surface area contributed by atoms with E-state index in [9.17, 15) is 21.8 Å². The summed E-state index contributed by atoms with van der Waals surface area (Å²) in [5.41, 5.74) is 1.30. The molecule has 4 rings (SSSR count). The monoisotopic (exact) mass is 481 g/mol. The van der Waals surface area contributed by atoms with Crippen LogP contribution in [-0.4, -0.2) is 40.4 Å². The molecule has 4 aromatic heterocycles. The minimum Gasteiger partial charge on any atom is -0.254 e. The lowest BCUT2D eigenvalue weighted by atomic mass is 10.0. The van der Waals surface area contributed by atoms with Crippen molar-refractivity contribution in [1.82, 2.24) is 24.2 Å². The smallest absolute Gasteiger partial charge is 0.254 e. The molecule has 0 N–H and O–H groups in total. The summed E-state index contributed by atoms with van der Waals surface area (Å²) >= 11 is 0. The fraction of sp³-hybridized carbons (Fsp3) is 0.409. The van der Waals surface area contributed by atoms with Gasteiger partial charge in [-0.15, -0.1) is 0 Å². The van der Waals surface area contributed by atoms with Crippen LogP contribution in [0, 0.1) is 27.7 Å². The zero-order chi connectivity index (χ0) is 24.5. The third kappa shape index (κ3) is 3.44. The number of aryl methyl sites for hydroxylation is 2. The third-order valence-electron chi connectivity index (χ3n) is 6.30. The van der Waals surface area contributed by atoms with Gasteiger partial charge < -0.3 is 0 Å². The topological polar surface area (TPSA) is 64.6 Å². The van der Waals surface area contributed by atoms with Crippen LogP contribution in [0.5, 0.6) is 0 Å². The Labute approximate surface area is 190 Å². The van der Waals surface area contributed by atoms with Crippen LogP contribution in [-0.2, 0) is 16.5 Å². The number of rotatable bonds is 4. The molecular formula is C22H23F4N5OS. The second-order valence-electron chi connectivity index (χ2n) is 8.21. The van der Waals surface area contributed by atoms with E-state index in [2.05, 4.69) is 15.2 Å². The fourth-order valence-electron chi connectivity index (χ4n) is 3.79. The lowest BCUT2D eigenvalue weighted by Crippen LogP contribution is -2.35. The summed E-state index contributed by atoms with van der Waals surface area (Å²) in [7, 11) is -1.39. The molecule has 0 radical (unpaired) electrons. The highest BCUT2D eigenvalue weighted by Crippen LogP contribution is 2.42. The van der Waals surface area contributed by atoms with Gasteiger partial charge in [0.25, 0.3) is 0 Å². The largest absolute Gasteiger partial charge is 0.426 e. The molecule has 0 aliphatic heterocycles. The fourth-order valence-corrected chi connectivity index (χ4v) is 4.90. The lowest BCUT2D eigenvalue weighted by Gasteiger charge is -2.23. The molecule has 2 unspecified atom stereocenters. The van der Waals surface area contributed by atoms with Gasteiger partial charge in [-0.3, -0.25) is 4.21 Å².